The van der Waals surface area contributed by atoms with Crippen molar-refractivity contribution in [3.63, 3.8) is 0 Å². The molecule has 1 fully saturated rings. The summed E-state index contributed by atoms with van der Waals surface area (Å²) < 4.78 is 0. The molecule has 1 aromatic rings. The van der Waals surface area contributed by atoms with Gasteiger partial charge in [-0.05, 0) is 14.0 Å². The zero-order valence-electron chi connectivity index (χ0n) is 11.2. The molecule has 0 saturated carbocycles. The highest BCUT2D eigenvalue weighted by atomic mass is 15.3. The molecule has 3 rings (SSSR count). The van der Waals surface area contributed by atoms with Crippen LogP contribution in [0.4, 0.5) is 5.82 Å². The molecule has 2 aliphatic rings. The number of nitrogens with one attached hydrogen (secondary N) is 1. The van der Waals surface area contributed by atoms with Crippen molar-refractivity contribution in [3.05, 3.63) is 17.6 Å². The smallest absolute Gasteiger partial charge is 0.136 e. The van der Waals surface area contributed by atoms with Crippen LogP contribution in [0.25, 0.3) is 0 Å². The van der Waals surface area contributed by atoms with Gasteiger partial charge in [-0.3, -0.25) is 0 Å². The standard InChI is InChI=1S/C13H21N5/c1-10-8-18(6-5-17(10)2)13-11-7-14-4-3-12(11)15-9-16-13/h9-10,14H,3-8H2,1-2H3. The predicted octanol–water partition coefficient (Wildman–Crippen LogP) is 0.263. The Hall–Kier alpha value is -1.20. The lowest BCUT2D eigenvalue weighted by Crippen LogP contribution is -2.50. The van der Waals surface area contributed by atoms with Gasteiger partial charge >= 0.3 is 0 Å². The van der Waals surface area contributed by atoms with Crippen LogP contribution in [0, 0.1) is 0 Å². The average molecular weight is 247 g/mol. The Morgan fingerprint density at radius 3 is 3.06 bits per heavy atom. The molecule has 3 heterocycles. The minimum atomic E-state index is 0.584. The quantitative estimate of drug-likeness (QED) is 0.771. The number of hydrogen-bond acceptors (Lipinski definition) is 5. The zero-order chi connectivity index (χ0) is 12.5. The van der Waals surface area contributed by atoms with E-state index >= 15 is 0 Å². The molecule has 18 heavy (non-hydrogen) atoms. The fraction of sp³-hybridized carbons (Fsp3) is 0.692. The number of anilines is 1. The van der Waals surface area contributed by atoms with E-state index in [1.807, 2.05) is 0 Å². The summed E-state index contributed by atoms with van der Waals surface area (Å²) in [4.78, 5) is 13.8. The van der Waals surface area contributed by atoms with Crippen LogP contribution < -0.4 is 10.2 Å². The van der Waals surface area contributed by atoms with Crippen molar-refractivity contribution in [1.82, 2.24) is 20.2 Å². The molecular weight excluding hydrogens is 226 g/mol. The summed E-state index contributed by atoms with van der Waals surface area (Å²) in [6.07, 6.45) is 2.75. The van der Waals surface area contributed by atoms with Gasteiger partial charge in [-0.1, -0.05) is 0 Å². The number of likely N-dealkylation sites (N-methyl/N-ethyl adjacent to an activating group) is 1. The van der Waals surface area contributed by atoms with Gasteiger partial charge in [0.15, 0.2) is 0 Å². The highest BCUT2D eigenvalue weighted by Crippen LogP contribution is 2.24. The molecule has 1 saturated heterocycles. The van der Waals surface area contributed by atoms with Gasteiger partial charge in [-0.25, -0.2) is 9.97 Å². The first-order chi connectivity index (χ1) is 8.75. The molecule has 0 aliphatic carbocycles. The van der Waals surface area contributed by atoms with Gasteiger partial charge in [0, 0.05) is 50.7 Å². The van der Waals surface area contributed by atoms with Crippen LogP contribution in [0.1, 0.15) is 18.2 Å². The van der Waals surface area contributed by atoms with E-state index < -0.39 is 0 Å². The molecule has 98 valence electrons. The fourth-order valence-electron chi connectivity index (χ4n) is 2.77. The van der Waals surface area contributed by atoms with E-state index in [0.717, 1.165) is 45.0 Å². The highest BCUT2D eigenvalue weighted by Gasteiger charge is 2.25. The molecule has 0 spiro atoms. The van der Waals surface area contributed by atoms with Crippen molar-refractivity contribution in [2.45, 2.75) is 25.9 Å². The van der Waals surface area contributed by atoms with E-state index in [-0.39, 0.29) is 0 Å². The molecule has 1 N–H and O–H groups in total. The fourth-order valence-corrected chi connectivity index (χ4v) is 2.77. The van der Waals surface area contributed by atoms with Crippen LogP contribution in [0.5, 0.6) is 0 Å². The molecule has 1 unspecified atom stereocenters. The molecule has 5 heteroatoms. The minimum Gasteiger partial charge on any atom is -0.353 e. The molecular formula is C13H21N5. The first kappa shape index (κ1) is 11.9. The minimum absolute atomic E-state index is 0.584. The molecule has 0 aromatic carbocycles. The Labute approximate surface area is 108 Å². The van der Waals surface area contributed by atoms with Crippen molar-refractivity contribution in [2.24, 2.45) is 0 Å². The second-order valence-electron chi connectivity index (χ2n) is 5.32. The summed E-state index contributed by atoms with van der Waals surface area (Å²) in [6.45, 7) is 7.44. The first-order valence-electron chi connectivity index (χ1n) is 6.74. The van der Waals surface area contributed by atoms with Crippen LogP contribution in [-0.2, 0) is 13.0 Å². The number of nitrogens with zero attached hydrogens (tertiary/aromatic N) is 4. The Kier molecular flexibility index (Phi) is 3.18. The molecule has 2 aliphatic heterocycles. The first-order valence-corrected chi connectivity index (χ1v) is 6.74. The normalized spacial score (nSPS) is 25.0. The van der Waals surface area contributed by atoms with Crippen molar-refractivity contribution < 1.29 is 0 Å². The van der Waals surface area contributed by atoms with Gasteiger partial charge in [0.05, 0.1) is 5.69 Å². The molecule has 1 atom stereocenters. The second kappa shape index (κ2) is 4.82. The lowest BCUT2D eigenvalue weighted by atomic mass is 10.1. The molecule has 0 bridgehead atoms. The van der Waals surface area contributed by atoms with E-state index in [4.69, 9.17) is 0 Å². The van der Waals surface area contributed by atoms with E-state index in [2.05, 4.69) is 39.1 Å². The van der Waals surface area contributed by atoms with E-state index in [9.17, 15) is 0 Å². The third kappa shape index (κ3) is 2.08. The lowest BCUT2D eigenvalue weighted by Gasteiger charge is -2.39. The van der Waals surface area contributed by atoms with Crippen molar-refractivity contribution in [2.75, 3.05) is 38.1 Å². The topological polar surface area (TPSA) is 44.3 Å². The number of piperazine rings is 1. The largest absolute Gasteiger partial charge is 0.353 e. The van der Waals surface area contributed by atoms with Gasteiger partial charge in [-0.2, -0.15) is 0 Å². The van der Waals surface area contributed by atoms with Crippen molar-refractivity contribution in [1.29, 1.82) is 0 Å². The maximum atomic E-state index is 4.53. The third-order valence-electron chi connectivity index (χ3n) is 4.11. The molecule has 5 nitrogen and oxygen atoms in total. The summed E-state index contributed by atoms with van der Waals surface area (Å²) in [5.74, 6) is 1.15. The maximum absolute atomic E-state index is 4.53. The second-order valence-corrected chi connectivity index (χ2v) is 5.32. The Balaban J connectivity index is 1.88. The maximum Gasteiger partial charge on any atom is 0.136 e. The SMILES string of the molecule is CC1CN(c2ncnc3c2CNCC3)CCN1C. The summed E-state index contributed by atoms with van der Waals surface area (Å²) >= 11 is 0. The molecule has 0 radical (unpaired) electrons. The Morgan fingerprint density at radius 2 is 2.22 bits per heavy atom. The summed E-state index contributed by atoms with van der Waals surface area (Å²) in [6, 6.07) is 0.584. The summed E-state index contributed by atoms with van der Waals surface area (Å²) in [7, 11) is 2.19. The van der Waals surface area contributed by atoms with Crippen LogP contribution in [0.15, 0.2) is 6.33 Å². The van der Waals surface area contributed by atoms with Crippen LogP contribution in [-0.4, -0.2) is 54.1 Å². The van der Waals surface area contributed by atoms with E-state index in [1.165, 1.54) is 11.3 Å². The predicted molar refractivity (Wildman–Crippen MR) is 71.7 cm³/mol. The van der Waals surface area contributed by atoms with E-state index in [1.54, 1.807) is 6.33 Å². The van der Waals surface area contributed by atoms with E-state index in [0.29, 0.717) is 6.04 Å². The van der Waals surface area contributed by atoms with Gasteiger partial charge in [-0.15, -0.1) is 0 Å². The number of aromatic nitrogens is 2. The van der Waals surface area contributed by atoms with Gasteiger partial charge in [0.25, 0.3) is 0 Å². The Morgan fingerprint density at radius 1 is 1.33 bits per heavy atom. The van der Waals surface area contributed by atoms with Crippen LogP contribution in [0.2, 0.25) is 0 Å². The van der Waals surface area contributed by atoms with Crippen LogP contribution in [0.3, 0.4) is 0 Å². The van der Waals surface area contributed by atoms with Crippen molar-refractivity contribution >= 4 is 5.82 Å². The number of fused-ring (bicyclic) bond motifs is 1. The third-order valence-corrected chi connectivity index (χ3v) is 4.11. The summed E-state index contributed by atoms with van der Waals surface area (Å²) in [5.41, 5.74) is 2.53. The van der Waals surface area contributed by atoms with Crippen LogP contribution >= 0.6 is 0 Å². The number of hydrogen-bond donors (Lipinski definition) is 1. The highest BCUT2D eigenvalue weighted by molar-refractivity contribution is 5.50. The summed E-state index contributed by atoms with van der Waals surface area (Å²) in [5, 5.41) is 3.42. The molecule has 0 amide bonds. The van der Waals surface area contributed by atoms with Gasteiger partial charge in [0.1, 0.15) is 12.1 Å². The van der Waals surface area contributed by atoms with Crippen molar-refractivity contribution in [3.8, 4) is 0 Å². The monoisotopic (exact) mass is 247 g/mol. The van der Waals surface area contributed by atoms with Gasteiger partial charge < -0.3 is 15.1 Å². The molecule has 1 aromatic heterocycles. The Bertz CT molecular complexity index is 433. The lowest BCUT2D eigenvalue weighted by molar-refractivity contribution is 0.233. The average Bonchev–Trinajstić information content (AvgIpc) is 2.41. The van der Waals surface area contributed by atoms with Gasteiger partial charge in [0.2, 0.25) is 0 Å². The zero-order valence-corrected chi connectivity index (χ0v) is 11.2. The number of rotatable bonds is 1.